The van der Waals surface area contributed by atoms with Gasteiger partial charge in [-0.3, -0.25) is 0 Å². The first-order valence-corrected chi connectivity index (χ1v) is 9.42. The Hall–Kier alpha value is -3.60. The number of rotatable bonds is 7. The summed E-state index contributed by atoms with van der Waals surface area (Å²) in [6.45, 7) is 0.388. The normalized spacial score (nSPS) is 18.0. The van der Waals surface area contributed by atoms with Crippen molar-refractivity contribution in [3.8, 4) is 5.75 Å². The van der Waals surface area contributed by atoms with Gasteiger partial charge in [-0.2, -0.15) is 0 Å². The van der Waals surface area contributed by atoms with Gasteiger partial charge >= 0.3 is 5.97 Å². The Morgan fingerprint density at radius 1 is 0.931 bits per heavy atom. The molecule has 29 heavy (non-hydrogen) atoms. The molecule has 0 aromatic heterocycles. The molecule has 3 aromatic carbocycles. The van der Waals surface area contributed by atoms with Gasteiger partial charge in [0.2, 0.25) is 5.90 Å². The SMILES string of the molecule is O=C(O)[C@]1(Cc2ccccc2)COC(c2ccccc2OCc2ccccc2)=N1. The van der Waals surface area contributed by atoms with Gasteiger partial charge in [-0.25, -0.2) is 9.79 Å². The molecule has 0 bridgehead atoms. The maximum Gasteiger partial charge on any atom is 0.335 e. The summed E-state index contributed by atoms with van der Waals surface area (Å²) in [6.07, 6.45) is 0.264. The molecule has 1 atom stereocenters. The Labute approximate surface area is 169 Å². The number of aliphatic imine (C=N–C) groups is 1. The fourth-order valence-corrected chi connectivity index (χ4v) is 3.30. The summed E-state index contributed by atoms with van der Waals surface area (Å²) in [4.78, 5) is 16.6. The monoisotopic (exact) mass is 387 g/mol. The Morgan fingerprint density at radius 2 is 1.55 bits per heavy atom. The van der Waals surface area contributed by atoms with E-state index in [4.69, 9.17) is 9.47 Å². The average Bonchev–Trinajstić information content (AvgIpc) is 3.19. The van der Waals surface area contributed by atoms with Crippen molar-refractivity contribution in [3.63, 3.8) is 0 Å². The third-order valence-corrected chi connectivity index (χ3v) is 4.86. The van der Waals surface area contributed by atoms with Crippen LogP contribution in [-0.2, 0) is 22.6 Å². The standard InChI is InChI=1S/C24H21NO4/c26-23(27)24(15-18-9-3-1-4-10-18)17-29-22(25-24)20-13-7-8-14-21(20)28-16-19-11-5-2-6-12-19/h1-14H,15-17H2,(H,26,27)/t24-/m0/s1. The number of hydrogen-bond donors (Lipinski definition) is 1. The minimum absolute atomic E-state index is 0.0143. The van der Waals surface area contributed by atoms with Gasteiger partial charge < -0.3 is 14.6 Å². The molecule has 0 saturated carbocycles. The first-order chi connectivity index (χ1) is 14.2. The Bertz CT molecular complexity index is 1020. The summed E-state index contributed by atoms with van der Waals surface area (Å²) < 4.78 is 11.7. The highest BCUT2D eigenvalue weighted by Gasteiger charge is 2.45. The molecule has 0 amide bonds. The van der Waals surface area contributed by atoms with Crippen LogP contribution < -0.4 is 4.74 Å². The molecule has 0 fully saturated rings. The van der Waals surface area contributed by atoms with E-state index in [0.717, 1.165) is 11.1 Å². The van der Waals surface area contributed by atoms with Crippen LogP contribution in [0.15, 0.2) is 89.9 Å². The molecule has 1 aliphatic rings. The highest BCUT2D eigenvalue weighted by molar-refractivity contribution is 6.00. The largest absolute Gasteiger partial charge is 0.488 e. The van der Waals surface area contributed by atoms with Gasteiger partial charge in [0.1, 0.15) is 19.0 Å². The lowest BCUT2D eigenvalue weighted by atomic mass is 9.93. The first-order valence-electron chi connectivity index (χ1n) is 9.42. The van der Waals surface area contributed by atoms with Crippen LogP contribution in [0.4, 0.5) is 0 Å². The first kappa shape index (κ1) is 18.7. The number of benzene rings is 3. The van der Waals surface area contributed by atoms with Crippen molar-refractivity contribution in [2.75, 3.05) is 6.61 Å². The van der Waals surface area contributed by atoms with Crippen LogP contribution in [-0.4, -0.2) is 29.1 Å². The quantitative estimate of drug-likeness (QED) is 0.663. The van der Waals surface area contributed by atoms with Gasteiger partial charge in [-0.05, 0) is 23.3 Å². The van der Waals surface area contributed by atoms with Crippen molar-refractivity contribution in [2.24, 2.45) is 4.99 Å². The molecule has 1 aliphatic heterocycles. The van der Waals surface area contributed by atoms with E-state index in [1.165, 1.54) is 0 Å². The lowest BCUT2D eigenvalue weighted by molar-refractivity contribution is -0.143. The van der Waals surface area contributed by atoms with E-state index < -0.39 is 11.5 Å². The molecule has 5 heteroatoms. The van der Waals surface area contributed by atoms with Crippen molar-refractivity contribution in [1.29, 1.82) is 0 Å². The van der Waals surface area contributed by atoms with E-state index in [1.807, 2.05) is 84.9 Å². The molecule has 0 saturated heterocycles. The van der Waals surface area contributed by atoms with E-state index in [0.29, 0.717) is 23.8 Å². The van der Waals surface area contributed by atoms with E-state index >= 15 is 0 Å². The number of carboxylic acids is 1. The molecule has 146 valence electrons. The van der Waals surface area contributed by atoms with Crippen molar-refractivity contribution < 1.29 is 19.4 Å². The van der Waals surface area contributed by atoms with Gasteiger partial charge in [0.15, 0.2) is 5.54 Å². The minimum atomic E-state index is -1.34. The predicted molar refractivity (Wildman–Crippen MR) is 110 cm³/mol. The number of hydrogen-bond acceptors (Lipinski definition) is 4. The van der Waals surface area contributed by atoms with Crippen molar-refractivity contribution in [1.82, 2.24) is 0 Å². The fraction of sp³-hybridized carbons (Fsp3) is 0.167. The molecule has 1 heterocycles. The Kier molecular flexibility index (Phi) is 5.29. The van der Waals surface area contributed by atoms with E-state index in [-0.39, 0.29) is 13.0 Å². The Morgan fingerprint density at radius 3 is 2.24 bits per heavy atom. The summed E-state index contributed by atoms with van der Waals surface area (Å²) in [5, 5.41) is 9.89. The van der Waals surface area contributed by atoms with Crippen LogP contribution in [0.2, 0.25) is 0 Å². The van der Waals surface area contributed by atoms with Gasteiger partial charge in [0.25, 0.3) is 0 Å². The fourth-order valence-electron chi connectivity index (χ4n) is 3.30. The highest BCUT2D eigenvalue weighted by Crippen LogP contribution is 2.30. The summed E-state index contributed by atoms with van der Waals surface area (Å²) in [5.74, 6) is -0.0953. The van der Waals surface area contributed by atoms with Crippen LogP contribution in [0.25, 0.3) is 0 Å². The zero-order valence-electron chi connectivity index (χ0n) is 15.8. The maximum atomic E-state index is 12.1. The van der Waals surface area contributed by atoms with E-state index in [2.05, 4.69) is 4.99 Å². The van der Waals surface area contributed by atoms with Crippen LogP contribution in [0, 0.1) is 0 Å². The molecular weight excluding hydrogens is 366 g/mol. The molecule has 1 N–H and O–H groups in total. The van der Waals surface area contributed by atoms with E-state index in [1.54, 1.807) is 0 Å². The van der Waals surface area contributed by atoms with Gasteiger partial charge in [-0.15, -0.1) is 0 Å². The number of aliphatic carboxylic acids is 1. The zero-order valence-corrected chi connectivity index (χ0v) is 15.8. The van der Waals surface area contributed by atoms with Crippen molar-refractivity contribution >= 4 is 11.9 Å². The number of para-hydroxylation sites is 1. The molecule has 0 spiro atoms. The summed E-state index contributed by atoms with van der Waals surface area (Å²) in [7, 11) is 0. The minimum Gasteiger partial charge on any atom is -0.488 e. The number of nitrogens with zero attached hydrogens (tertiary/aromatic N) is 1. The Balaban J connectivity index is 1.60. The van der Waals surface area contributed by atoms with Crippen molar-refractivity contribution in [2.45, 2.75) is 18.6 Å². The van der Waals surface area contributed by atoms with Crippen LogP contribution in [0.3, 0.4) is 0 Å². The molecule has 0 unspecified atom stereocenters. The lowest BCUT2D eigenvalue weighted by Gasteiger charge is -2.18. The lowest BCUT2D eigenvalue weighted by Crippen LogP contribution is -2.40. The molecular formula is C24H21NO4. The summed E-state index contributed by atoms with van der Waals surface area (Å²) in [6, 6.07) is 26.7. The van der Waals surface area contributed by atoms with Crippen LogP contribution >= 0.6 is 0 Å². The molecule has 5 nitrogen and oxygen atoms in total. The summed E-state index contributed by atoms with van der Waals surface area (Å²) >= 11 is 0. The molecule has 0 radical (unpaired) electrons. The average molecular weight is 387 g/mol. The smallest absolute Gasteiger partial charge is 0.335 e. The van der Waals surface area contributed by atoms with Gasteiger partial charge in [-0.1, -0.05) is 72.8 Å². The van der Waals surface area contributed by atoms with Crippen LogP contribution in [0.1, 0.15) is 16.7 Å². The summed E-state index contributed by atoms with van der Waals surface area (Å²) in [5.41, 5.74) is 1.25. The number of carbonyl (C=O) groups is 1. The number of carboxylic acid groups (broad SMARTS) is 1. The van der Waals surface area contributed by atoms with Crippen LogP contribution in [0.5, 0.6) is 5.75 Å². The van der Waals surface area contributed by atoms with Gasteiger partial charge in [0.05, 0.1) is 5.56 Å². The zero-order chi connectivity index (χ0) is 20.1. The van der Waals surface area contributed by atoms with Crippen molar-refractivity contribution in [3.05, 3.63) is 102 Å². The highest BCUT2D eigenvalue weighted by atomic mass is 16.5. The second-order valence-corrected chi connectivity index (χ2v) is 6.98. The second kappa shape index (κ2) is 8.19. The number of ether oxygens (including phenoxy) is 2. The maximum absolute atomic E-state index is 12.1. The third-order valence-electron chi connectivity index (χ3n) is 4.86. The molecule has 3 aromatic rings. The molecule has 0 aliphatic carbocycles. The predicted octanol–water partition coefficient (Wildman–Crippen LogP) is 4.11. The third kappa shape index (κ3) is 4.14. The van der Waals surface area contributed by atoms with E-state index in [9.17, 15) is 9.90 Å². The molecule has 4 rings (SSSR count). The van der Waals surface area contributed by atoms with Gasteiger partial charge in [0, 0.05) is 6.42 Å². The second-order valence-electron chi connectivity index (χ2n) is 6.98. The topological polar surface area (TPSA) is 68.1 Å².